The van der Waals surface area contributed by atoms with Gasteiger partial charge < -0.3 is 9.90 Å². The van der Waals surface area contributed by atoms with Crippen molar-refractivity contribution in [2.75, 3.05) is 6.61 Å². The van der Waals surface area contributed by atoms with Crippen LogP contribution in [0, 0.1) is 0 Å². The second-order valence-electron chi connectivity index (χ2n) is 2.33. The van der Waals surface area contributed by atoms with Crippen molar-refractivity contribution in [2.24, 2.45) is 0 Å². The summed E-state index contributed by atoms with van der Waals surface area (Å²) in [6.07, 6.45) is 6.60. The molecule has 0 unspecified atom stereocenters. The predicted octanol–water partition coefficient (Wildman–Crippen LogP) is 2.06. The molecule has 1 N–H and O–H groups in total. The molecule has 2 nitrogen and oxygen atoms in total. The molecule has 70 valence electrons. The van der Waals surface area contributed by atoms with Crippen LogP contribution in [0.3, 0.4) is 0 Å². The van der Waals surface area contributed by atoms with Crippen LogP contribution in [0.1, 0.15) is 46.0 Å². The van der Waals surface area contributed by atoms with Crippen LogP contribution in [0.15, 0.2) is 0 Å². The molecule has 0 amide bonds. The Balaban J connectivity index is -0.000000126. The van der Waals surface area contributed by atoms with Gasteiger partial charge in [0, 0.05) is 26.1 Å². The summed E-state index contributed by atoms with van der Waals surface area (Å²) in [6.45, 7) is 4.42. The molecule has 0 rings (SSSR count). The summed E-state index contributed by atoms with van der Waals surface area (Å²) < 4.78 is 0. The van der Waals surface area contributed by atoms with Gasteiger partial charge in [0.15, 0.2) is 0 Å². The average molecular weight is 225 g/mol. The van der Waals surface area contributed by atoms with E-state index in [9.17, 15) is 4.79 Å². The number of unbranched alkanes of at least 4 members (excludes halogenated alkanes) is 3. The van der Waals surface area contributed by atoms with Gasteiger partial charge in [0.2, 0.25) is 0 Å². The van der Waals surface area contributed by atoms with Gasteiger partial charge in [0.25, 0.3) is 0 Å². The van der Waals surface area contributed by atoms with Crippen LogP contribution >= 0.6 is 0 Å². The average Bonchev–Trinajstić information content (AvgIpc) is 2.04. The molecule has 0 saturated heterocycles. The predicted molar refractivity (Wildman–Crippen MR) is 47.2 cm³/mol. The molecule has 0 saturated carbocycles. The van der Waals surface area contributed by atoms with Crippen molar-refractivity contribution in [3.63, 3.8) is 0 Å². The molecule has 0 aromatic rings. The molecule has 0 aromatic carbocycles. The van der Waals surface area contributed by atoms with Crippen molar-refractivity contribution in [3.8, 4) is 0 Å². The molecule has 0 aromatic heterocycles. The Morgan fingerprint density at radius 2 is 1.75 bits per heavy atom. The molecule has 0 aliphatic heterocycles. The van der Waals surface area contributed by atoms with Crippen molar-refractivity contribution in [1.29, 1.82) is 0 Å². The smallest absolute Gasteiger partial charge is 0.0431 e. The number of aliphatic hydroxyl groups is 1. The van der Waals surface area contributed by atoms with E-state index in [2.05, 4.69) is 6.92 Å². The first-order valence-electron chi connectivity index (χ1n) is 4.29. The fourth-order valence-electron chi connectivity index (χ4n) is 0.464. The van der Waals surface area contributed by atoms with Crippen LogP contribution in [0.25, 0.3) is 0 Å². The summed E-state index contributed by atoms with van der Waals surface area (Å²) >= 11 is 0. The third kappa shape index (κ3) is 31.8. The zero-order chi connectivity index (χ0) is 8.95. The third-order valence-corrected chi connectivity index (χ3v) is 1.11. The quantitative estimate of drug-likeness (QED) is 0.441. The minimum Gasteiger partial charge on any atom is -0.542 e. The van der Waals surface area contributed by atoms with Crippen LogP contribution in [0.4, 0.5) is 0 Å². The summed E-state index contributed by atoms with van der Waals surface area (Å²) in [6, 6.07) is 0. The second-order valence-corrected chi connectivity index (χ2v) is 2.33. The zero-order valence-electron chi connectivity index (χ0n) is 8.31. The van der Waals surface area contributed by atoms with E-state index < -0.39 is 0 Å². The fraction of sp³-hybridized carbons (Fsp3) is 0.889. The van der Waals surface area contributed by atoms with Crippen LogP contribution in [-0.2, 0) is 24.3 Å². The Kier molecular flexibility index (Phi) is 34.0. The van der Waals surface area contributed by atoms with Crippen LogP contribution in [0.2, 0.25) is 0 Å². The van der Waals surface area contributed by atoms with E-state index in [0.29, 0.717) is 13.0 Å². The van der Waals surface area contributed by atoms with Gasteiger partial charge in [-0.15, -0.1) is 0 Å². The van der Waals surface area contributed by atoms with Gasteiger partial charge in [-0.05, 0) is 6.42 Å². The molecule has 0 fully saturated rings. The van der Waals surface area contributed by atoms with Gasteiger partial charge >= 0.3 is 0 Å². The topological polar surface area (TPSA) is 37.3 Å². The molecule has 0 aliphatic carbocycles. The van der Waals surface area contributed by atoms with Crippen LogP contribution < -0.4 is 0 Å². The first-order chi connectivity index (χ1) is 5.33. The number of carbonyl (C=O) groups excluding carboxylic acids is 1. The summed E-state index contributed by atoms with van der Waals surface area (Å²) in [5.74, 6) is 0. The molecular formula is C9H19O2Zn-. The zero-order valence-corrected chi connectivity index (χ0v) is 11.3. The van der Waals surface area contributed by atoms with E-state index in [0.717, 1.165) is 19.3 Å². The van der Waals surface area contributed by atoms with Gasteiger partial charge in [0.05, 0.1) is 0 Å². The molecule has 0 heterocycles. The van der Waals surface area contributed by atoms with Crippen LogP contribution in [-0.4, -0.2) is 18.0 Å². The largest absolute Gasteiger partial charge is 0.542 e. The van der Waals surface area contributed by atoms with E-state index in [1.54, 1.807) is 6.29 Å². The summed E-state index contributed by atoms with van der Waals surface area (Å²) in [5, 5.41) is 8.20. The maximum atomic E-state index is 9.28. The normalized spacial score (nSPS) is 7.58. The molecule has 12 heavy (non-hydrogen) atoms. The van der Waals surface area contributed by atoms with Gasteiger partial charge in [-0.2, -0.15) is 6.42 Å². The molecule has 0 radical (unpaired) electrons. The number of aliphatic hydroxyl groups excluding tert-OH is 1. The van der Waals surface area contributed by atoms with E-state index in [-0.39, 0.29) is 19.5 Å². The summed E-state index contributed by atoms with van der Waals surface area (Å²) in [4.78, 5) is 9.28. The Hall–Kier alpha value is 0.253. The summed E-state index contributed by atoms with van der Waals surface area (Å²) in [5.41, 5.74) is 0. The van der Waals surface area contributed by atoms with E-state index in [1.165, 1.54) is 6.42 Å². The van der Waals surface area contributed by atoms with Gasteiger partial charge in [-0.1, -0.05) is 33.1 Å². The maximum absolute atomic E-state index is 9.28. The minimum atomic E-state index is 0. The molecule has 3 heteroatoms. The van der Waals surface area contributed by atoms with E-state index >= 15 is 0 Å². The fourth-order valence-corrected chi connectivity index (χ4v) is 0.464. The van der Waals surface area contributed by atoms with Crippen LogP contribution in [0.5, 0.6) is 0 Å². The van der Waals surface area contributed by atoms with E-state index in [1.807, 2.05) is 6.92 Å². The molecular weight excluding hydrogens is 205 g/mol. The number of rotatable bonds is 5. The molecule has 0 bridgehead atoms. The van der Waals surface area contributed by atoms with Crippen molar-refractivity contribution in [2.45, 2.75) is 46.0 Å². The van der Waals surface area contributed by atoms with E-state index in [4.69, 9.17) is 5.11 Å². The first kappa shape index (κ1) is 18.1. The second kappa shape index (κ2) is 22.5. The number of hydrogen-bond donors (Lipinski definition) is 1. The van der Waals surface area contributed by atoms with Crippen molar-refractivity contribution in [1.82, 2.24) is 0 Å². The SMILES string of the molecule is CCCCCO.CCC[C-]=O.[Zn]. The number of hydrogen-bond acceptors (Lipinski definition) is 2. The van der Waals surface area contributed by atoms with Gasteiger partial charge in [0.1, 0.15) is 0 Å². The Bertz CT molecular complexity index is 63.5. The molecule has 0 atom stereocenters. The monoisotopic (exact) mass is 223 g/mol. The van der Waals surface area contributed by atoms with Gasteiger partial charge in [-0.3, -0.25) is 6.29 Å². The van der Waals surface area contributed by atoms with Gasteiger partial charge in [-0.25, -0.2) is 0 Å². The Morgan fingerprint density at radius 1 is 1.17 bits per heavy atom. The third-order valence-electron chi connectivity index (χ3n) is 1.11. The van der Waals surface area contributed by atoms with Crippen molar-refractivity contribution >= 4 is 6.29 Å². The minimum absolute atomic E-state index is 0. The summed E-state index contributed by atoms with van der Waals surface area (Å²) in [7, 11) is 0. The first-order valence-corrected chi connectivity index (χ1v) is 4.29. The Morgan fingerprint density at radius 3 is 1.83 bits per heavy atom. The standard InChI is InChI=1S/C5H12O.C4H7O.Zn/c1-2-3-4-5-6;1-2-3-4-5;/h6H,2-5H2,1H3;2-3H2,1H3;/q;-1;. The Labute approximate surface area is 88.5 Å². The van der Waals surface area contributed by atoms with Crippen molar-refractivity contribution < 1.29 is 29.4 Å². The van der Waals surface area contributed by atoms with Crippen molar-refractivity contribution in [3.05, 3.63) is 0 Å². The molecule has 0 aliphatic rings. The molecule has 0 spiro atoms. The maximum Gasteiger partial charge on any atom is 0.0431 e.